The van der Waals surface area contributed by atoms with Gasteiger partial charge in [0.1, 0.15) is 10.7 Å². The molecule has 1 aromatic carbocycles. The summed E-state index contributed by atoms with van der Waals surface area (Å²) in [5.74, 6) is 0.385. The van der Waals surface area contributed by atoms with E-state index in [1.807, 2.05) is 0 Å². The van der Waals surface area contributed by atoms with Crippen LogP contribution in [0.25, 0.3) is 0 Å². The van der Waals surface area contributed by atoms with E-state index in [9.17, 15) is 4.79 Å². The minimum Gasteiger partial charge on any atom is -0.479 e. The van der Waals surface area contributed by atoms with Crippen molar-refractivity contribution in [3.05, 3.63) is 28.8 Å². The smallest absolute Gasteiger partial charge is 0.261 e. The summed E-state index contributed by atoms with van der Waals surface area (Å²) in [4.78, 5) is 12.1. The van der Waals surface area contributed by atoms with Crippen LogP contribution in [0.1, 0.15) is 24.8 Å². The molecule has 0 aliphatic carbocycles. The van der Waals surface area contributed by atoms with E-state index >= 15 is 0 Å². The van der Waals surface area contributed by atoms with E-state index in [-0.39, 0.29) is 10.9 Å². The van der Waals surface area contributed by atoms with Crippen molar-refractivity contribution >= 4 is 34.7 Å². The highest BCUT2D eigenvalue weighted by molar-refractivity contribution is 7.80. The number of nitrogens with two attached hydrogens (primary N) is 1. The lowest BCUT2D eigenvalue weighted by atomic mass is 10.1. The minimum atomic E-state index is -0.490. The average Bonchev–Trinajstić information content (AvgIpc) is 2.57. The predicted molar refractivity (Wildman–Crippen MR) is 78.6 cm³/mol. The Morgan fingerprint density at radius 1 is 1.47 bits per heavy atom. The molecule has 102 valence electrons. The highest BCUT2D eigenvalue weighted by Crippen LogP contribution is 2.27. The number of amides is 1. The van der Waals surface area contributed by atoms with Crippen LogP contribution in [0.2, 0.25) is 5.02 Å². The van der Waals surface area contributed by atoms with Crippen LogP contribution in [-0.2, 0) is 4.79 Å². The van der Waals surface area contributed by atoms with Gasteiger partial charge < -0.3 is 15.8 Å². The highest BCUT2D eigenvalue weighted by atomic mass is 35.5. The van der Waals surface area contributed by atoms with Gasteiger partial charge in [-0.25, -0.2) is 0 Å². The fourth-order valence-corrected chi connectivity index (χ4v) is 2.28. The van der Waals surface area contributed by atoms with E-state index in [4.69, 9.17) is 34.3 Å². The molecule has 1 heterocycles. The Bertz CT molecular complexity index is 507. The highest BCUT2D eigenvalue weighted by Gasteiger charge is 2.23. The summed E-state index contributed by atoms with van der Waals surface area (Å²) in [6, 6.07) is 5.07. The number of benzene rings is 1. The summed E-state index contributed by atoms with van der Waals surface area (Å²) in [5, 5.41) is 3.22. The topological polar surface area (TPSA) is 64.3 Å². The van der Waals surface area contributed by atoms with Crippen LogP contribution in [-0.4, -0.2) is 23.5 Å². The molecule has 3 N–H and O–H groups in total. The van der Waals surface area contributed by atoms with Crippen molar-refractivity contribution in [2.24, 2.45) is 5.73 Å². The molecule has 6 heteroatoms. The number of ether oxygens (including phenoxy) is 1. The van der Waals surface area contributed by atoms with Crippen molar-refractivity contribution in [2.75, 3.05) is 6.54 Å². The molecule has 0 radical (unpaired) electrons. The molecule has 4 nitrogen and oxygen atoms in total. The van der Waals surface area contributed by atoms with Crippen LogP contribution in [0, 0.1) is 0 Å². The number of thiocarbonyl (C=S) groups is 1. The molecule has 1 fully saturated rings. The van der Waals surface area contributed by atoms with Crippen LogP contribution in [0.3, 0.4) is 0 Å². The van der Waals surface area contributed by atoms with E-state index in [1.165, 1.54) is 0 Å². The molecule has 0 saturated carbocycles. The molecule has 1 aromatic rings. The monoisotopic (exact) mass is 298 g/mol. The number of nitrogens with one attached hydrogen (secondary N) is 1. The average molecular weight is 299 g/mol. The van der Waals surface area contributed by atoms with Gasteiger partial charge in [0.15, 0.2) is 6.10 Å². The van der Waals surface area contributed by atoms with Crippen LogP contribution in [0.15, 0.2) is 18.2 Å². The van der Waals surface area contributed by atoms with E-state index in [2.05, 4.69) is 5.32 Å². The Hall–Kier alpha value is -1.33. The second-order valence-corrected chi connectivity index (χ2v) is 5.25. The zero-order valence-electron chi connectivity index (χ0n) is 10.3. The van der Waals surface area contributed by atoms with Gasteiger partial charge in [0.2, 0.25) is 0 Å². The van der Waals surface area contributed by atoms with Crippen molar-refractivity contribution < 1.29 is 9.53 Å². The molecule has 1 unspecified atom stereocenters. The first-order valence-corrected chi connectivity index (χ1v) is 6.90. The summed E-state index contributed by atoms with van der Waals surface area (Å²) >= 11 is 11.0. The summed E-state index contributed by atoms with van der Waals surface area (Å²) in [7, 11) is 0. The third-order valence-electron chi connectivity index (χ3n) is 2.97. The van der Waals surface area contributed by atoms with Gasteiger partial charge in [0.05, 0.1) is 5.02 Å². The third kappa shape index (κ3) is 3.58. The van der Waals surface area contributed by atoms with Gasteiger partial charge in [-0.3, -0.25) is 4.79 Å². The third-order valence-corrected chi connectivity index (χ3v) is 3.50. The number of halogens is 1. The summed E-state index contributed by atoms with van der Waals surface area (Å²) < 4.78 is 5.69. The van der Waals surface area contributed by atoms with Crippen molar-refractivity contribution in [1.29, 1.82) is 0 Å². The number of carbonyl (C=O) groups excluding carboxylic acids is 1. The summed E-state index contributed by atoms with van der Waals surface area (Å²) in [6.45, 7) is 0.701. The van der Waals surface area contributed by atoms with Gasteiger partial charge in [-0.1, -0.05) is 23.8 Å². The van der Waals surface area contributed by atoms with E-state index in [0.717, 1.165) is 12.8 Å². The minimum absolute atomic E-state index is 0.0908. The zero-order chi connectivity index (χ0) is 13.8. The van der Waals surface area contributed by atoms with Crippen molar-refractivity contribution in [1.82, 2.24) is 5.32 Å². The van der Waals surface area contributed by atoms with Gasteiger partial charge in [-0.05, 0) is 37.5 Å². The maximum Gasteiger partial charge on any atom is 0.261 e. The fraction of sp³-hybridized carbons (Fsp3) is 0.385. The molecule has 0 bridgehead atoms. The molecule has 1 aliphatic rings. The lowest BCUT2D eigenvalue weighted by molar-refractivity contribution is -0.127. The standard InChI is InChI=1S/C13H15ClN2O2S/c14-9-7-8(12(15)19)4-5-10(9)18-11-3-1-2-6-16-13(11)17/h4-5,7,11H,1-3,6H2,(H2,15,19)(H,16,17). The molecular weight excluding hydrogens is 284 g/mol. The summed E-state index contributed by atoms with van der Waals surface area (Å²) in [6.07, 6.45) is 2.13. The first kappa shape index (κ1) is 14.1. The number of hydrogen-bond acceptors (Lipinski definition) is 3. The molecule has 1 saturated heterocycles. The van der Waals surface area contributed by atoms with Gasteiger partial charge in [-0.2, -0.15) is 0 Å². The Morgan fingerprint density at radius 2 is 2.26 bits per heavy atom. The lowest BCUT2D eigenvalue weighted by Crippen LogP contribution is -2.36. The van der Waals surface area contributed by atoms with Gasteiger partial charge >= 0.3 is 0 Å². The van der Waals surface area contributed by atoms with Gasteiger partial charge in [-0.15, -0.1) is 0 Å². The van der Waals surface area contributed by atoms with Crippen molar-refractivity contribution in [3.63, 3.8) is 0 Å². The number of rotatable bonds is 3. The van der Waals surface area contributed by atoms with Crippen molar-refractivity contribution in [2.45, 2.75) is 25.4 Å². The predicted octanol–water partition coefficient (Wildman–Crippen LogP) is 2.02. The molecule has 0 aromatic heterocycles. The Labute approximate surface area is 122 Å². The van der Waals surface area contributed by atoms with Crippen molar-refractivity contribution in [3.8, 4) is 5.75 Å². The second kappa shape index (κ2) is 6.21. The van der Waals surface area contributed by atoms with Crippen LogP contribution in [0.5, 0.6) is 5.75 Å². The fourth-order valence-electron chi connectivity index (χ4n) is 1.93. The van der Waals surface area contributed by atoms with E-state index in [1.54, 1.807) is 18.2 Å². The quantitative estimate of drug-likeness (QED) is 0.838. The maximum atomic E-state index is 11.8. The van der Waals surface area contributed by atoms with Crippen LogP contribution >= 0.6 is 23.8 Å². The molecule has 19 heavy (non-hydrogen) atoms. The van der Waals surface area contributed by atoms with Crippen LogP contribution in [0.4, 0.5) is 0 Å². The molecule has 2 rings (SSSR count). The number of hydrogen-bond donors (Lipinski definition) is 2. The SMILES string of the molecule is NC(=S)c1ccc(OC2CCCCNC2=O)c(Cl)c1. The maximum absolute atomic E-state index is 11.8. The van der Waals surface area contributed by atoms with E-state index < -0.39 is 6.10 Å². The molecule has 1 aliphatic heterocycles. The molecular formula is C13H15ClN2O2S. The summed E-state index contributed by atoms with van der Waals surface area (Å²) in [5.41, 5.74) is 6.21. The first-order valence-electron chi connectivity index (χ1n) is 6.11. The van der Waals surface area contributed by atoms with E-state index in [0.29, 0.717) is 29.3 Å². The molecule has 0 spiro atoms. The second-order valence-electron chi connectivity index (χ2n) is 4.40. The normalized spacial score (nSPS) is 19.4. The Kier molecular flexibility index (Phi) is 4.61. The number of carbonyl (C=O) groups is 1. The Balaban J connectivity index is 2.14. The molecule has 1 atom stereocenters. The van der Waals surface area contributed by atoms with Gasteiger partial charge in [0, 0.05) is 12.1 Å². The zero-order valence-corrected chi connectivity index (χ0v) is 11.9. The van der Waals surface area contributed by atoms with Gasteiger partial charge in [0.25, 0.3) is 5.91 Å². The largest absolute Gasteiger partial charge is 0.479 e. The first-order chi connectivity index (χ1) is 9.08. The lowest BCUT2D eigenvalue weighted by Gasteiger charge is -2.17. The van der Waals surface area contributed by atoms with Crippen LogP contribution < -0.4 is 15.8 Å². The Morgan fingerprint density at radius 3 is 2.95 bits per heavy atom. The molecule has 1 amide bonds.